The molecule has 2 aromatic rings. The SMILES string of the molecule is O=C(CNCC1CCNC1)NCc1cc(-c2ccc(C(F)(F)F)cc2)ncn1. The first-order chi connectivity index (χ1) is 13.4. The Hall–Kier alpha value is -2.52. The summed E-state index contributed by atoms with van der Waals surface area (Å²) >= 11 is 0. The third-order valence-corrected chi connectivity index (χ3v) is 4.58. The standard InChI is InChI=1S/C19H22F3N5O/c20-19(21,22)15-3-1-14(2-4-15)17-7-16(26-12-27-17)10-25-18(28)11-24-9-13-5-6-23-8-13/h1-4,7,12-13,23-24H,5-6,8-11H2,(H,25,28). The molecule has 1 saturated heterocycles. The van der Waals surface area contributed by atoms with Gasteiger partial charge in [0.1, 0.15) is 6.33 Å². The van der Waals surface area contributed by atoms with Gasteiger partial charge in [-0.05, 0) is 50.2 Å². The predicted molar refractivity (Wildman–Crippen MR) is 98.2 cm³/mol. The molecule has 3 rings (SSSR count). The number of rotatable bonds is 7. The molecule has 1 aromatic carbocycles. The first-order valence-electron chi connectivity index (χ1n) is 9.08. The number of alkyl halides is 3. The van der Waals surface area contributed by atoms with Gasteiger partial charge in [0.2, 0.25) is 5.91 Å². The van der Waals surface area contributed by atoms with Crippen molar-refractivity contribution in [3.05, 3.63) is 47.9 Å². The molecule has 1 atom stereocenters. The molecule has 28 heavy (non-hydrogen) atoms. The number of halogens is 3. The number of nitrogens with zero attached hydrogens (tertiary/aromatic N) is 2. The van der Waals surface area contributed by atoms with Crippen molar-refractivity contribution in [3.63, 3.8) is 0 Å². The number of carbonyl (C=O) groups excluding carboxylic acids is 1. The van der Waals surface area contributed by atoms with Crippen molar-refractivity contribution in [2.75, 3.05) is 26.2 Å². The molecule has 9 heteroatoms. The number of hydrogen-bond donors (Lipinski definition) is 3. The third kappa shape index (κ3) is 5.74. The van der Waals surface area contributed by atoms with Gasteiger partial charge < -0.3 is 16.0 Å². The average molecular weight is 393 g/mol. The molecule has 1 amide bonds. The second-order valence-electron chi connectivity index (χ2n) is 6.74. The summed E-state index contributed by atoms with van der Waals surface area (Å²) in [6, 6.07) is 6.43. The van der Waals surface area contributed by atoms with E-state index in [1.807, 2.05) is 0 Å². The minimum Gasteiger partial charge on any atom is -0.349 e. The van der Waals surface area contributed by atoms with Crippen molar-refractivity contribution >= 4 is 5.91 Å². The van der Waals surface area contributed by atoms with Crippen molar-refractivity contribution in [1.29, 1.82) is 0 Å². The maximum Gasteiger partial charge on any atom is 0.416 e. The van der Waals surface area contributed by atoms with Crippen LogP contribution in [0.5, 0.6) is 0 Å². The Morgan fingerprint density at radius 2 is 2.00 bits per heavy atom. The number of amides is 1. The summed E-state index contributed by atoms with van der Waals surface area (Å²) in [5.41, 5.74) is 0.923. The molecule has 0 spiro atoms. The van der Waals surface area contributed by atoms with E-state index in [4.69, 9.17) is 0 Å². The van der Waals surface area contributed by atoms with Crippen LogP contribution in [-0.2, 0) is 17.5 Å². The summed E-state index contributed by atoms with van der Waals surface area (Å²) < 4.78 is 38.0. The lowest BCUT2D eigenvalue weighted by atomic mass is 10.1. The highest BCUT2D eigenvalue weighted by atomic mass is 19.4. The molecule has 1 unspecified atom stereocenters. The highest BCUT2D eigenvalue weighted by Gasteiger charge is 2.30. The number of carbonyl (C=O) groups is 1. The van der Waals surface area contributed by atoms with Gasteiger partial charge in [-0.25, -0.2) is 9.97 Å². The quantitative estimate of drug-likeness (QED) is 0.671. The van der Waals surface area contributed by atoms with Crippen LogP contribution in [0.15, 0.2) is 36.7 Å². The van der Waals surface area contributed by atoms with Gasteiger partial charge in [0.05, 0.1) is 30.0 Å². The Kier molecular flexibility index (Phi) is 6.58. The fourth-order valence-corrected chi connectivity index (χ4v) is 3.01. The number of aromatic nitrogens is 2. The maximum absolute atomic E-state index is 12.7. The summed E-state index contributed by atoms with van der Waals surface area (Å²) in [5.74, 6) is 0.418. The predicted octanol–water partition coefficient (Wildman–Crippen LogP) is 1.98. The van der Waals surface area contributed by atoms with E-state index in [2.05, 4.69) is 25.9 Å². The van der Waals surface area contributed by atoms with Crippen LogP contribution in [0.3, 0.4) is 0 Å². The normalized spacial score (nSPS) is 16.9. The zero-order chi connectivity index (χ0) is 20.0. The molecule has 2 heterocycles. The Morgan fingerprint density at radius 1 is 1.21 bits per heavy atom. The van der Waals surface area contributed by atoms with Crippen molar-refractivity contribution in [3.8, 4) is 11.3 Å². The second-order valence-corrected chi connectivity index (χ2v) is 6.74. The molecule has 1 aliphatic heterocycles. The van der Waals surface area contributed by atoms with Crippen LogP contribution < -0.4 is 16.0 Å². The summed E-state index contributed by atoms with van der Waals surface area (Å²) in [6.07, 6.45) is -1.93. The highest BCUT2D eigenvalue weighted by molar-refractivity contribution is 5.77. The number of benzene rings is 1. The largest absolute Gasteiger partial charge is 0.416 e. The lowest BCUT2D eigenvalue weighted by Crippen LogP contribution is -2.36. The Morgan fingerprint density at radius 3 is 2.68 bits per heavy atom. The first kappa shape index (κ1) is 20.2. The Bertz CT molecular complexity index is 789. The molecule has 150 valence electrons. The molecule has 0 saturated carbocycles. The monoisotopic (exact) mass is 393 g/mol. The minimum atomic E-state index is -4.37. The topological polar surface area (TPSA) is 78.9 Å². The van der Waals surface area contributed by atoms with Gasteiger partial charge in [0, 0.05) is 5.56 Å². The van der Waals surface area contributed by atoms with Gasteiger partial charge in [-0.1, -0.05) is 12.1 Å². The zero-order valence-corrected chi connectivity index (χ0v) is 15.2. The van der Waals surface area contributed by atoms with E-state index in [1.54, 1.807) is 6.07 Å². The zero-order valence-electron chi connectivity index (χ0n) is 15.2. The molecule has 3 N–H and O–H groups in total. The maximum atomic E-state index is 12.7. The van der Waals surface area contributed by atoms with Crippen molar-refractivity contribution in [1.82, 2.24) is 25.9 Å². The second kappa shape index (κ2) is 9.11. The van der Waals surface area contributed by atoms with Crippen LogP contribution in [0.4, 0.5) is 13.2 Å². The molecule has 0 bridgehead atoms. The van der Waals surface area contributed by atoms with E-state index >= 15 is 0 Å². The van der Waals surface area contributed by atoms with E-state index in [0.717, 1.165) is 38.2 Å². The fraction of sp³-hybridized carbons (Fsp3) is 0.421. The third-order valence-electron chi connectivity index (χ3n) is 4.58. The first-order valence-corrected chi connectivity index (χ1v) is 9.08. The van der Waals surface area contributed by atoms with Crippen molar-refractivity contribution in [2.24, 2.45) is 5.92 Å². The lowest BCUT2D eigenvalue weighted by Gasteiger charge is -2.10. The molecular formula is C19H22F3N5O. The van der Waals surface area contributed by atoms with Crippen LogP contribution in [0, 0.1) is 5.92 Å². The molecule has 0 radical (unpaired) electrons. The van der Waals surface area contributed by atoms with Gasteiger partial charge in [0.25, 0.3) is 0 Å². The Labute approximate surface area is 161 Å². The van der Waals surface area contributed by atoms with Gasteiger partial charge >= 0.3 is 6.18 Å². The molecule has 1 aromatic heterocycles. The molecule has 1 aliphatic rings. The van der Waals surface area contributed by atoms with Crippen LogP contribution in [0.1, 0.15) is 17.7 Å². The van der Waals surface area contributed by atoms with Crippen molar-refractivity contribution < 1.29 is 18.0 Å². The number of hydrogen-bond acceptors (Lipinski definition) is 5. The van der Waals surface area contributed by atoms with Crippen LogP contribution >= 0.6 is 0 Å². The van der Waals surface area contributed by atoms with Gasteiger partial charge in [0.15, 0.2) is 0 Å². The van der Waals surface area contributed by atoms with Gasteiger partial charge in [-0.2, -0.15) is 13.2 Å². The van der Waals surface area contributed by atoms with Gasteiger partial charge in [-0.3, -0.25) is 4.79 Å². The van der Waals surface area contributed by atoms with Crippen LogP contribution in [0.25, 0.3) is 11.3 Å². The lowest BCUT2D eigenvalue weighted by molar-refractivity contribution is -0.137. The van der Waals surface area contributed by atoms with E-state index in [-0.39, 0.29) is 19.0 Å². The van der Waals surface area contributed by atoms with Crippen LogP contribution in [0.2, 0.25) is 0 Å². The molecule has 1 fully saturated rings. The summed E-state index contributed by atoms with van der Waals surface area (Å²) in [5, 5.41) is 9.19. The minimum absolute atomic E-state index is 0.138. The van der Waals surface area contributed by atoms with E-state index < -0.39 is 11.7 Å². The van der Waals surface area contributed by atoms with E-state index in [1.165, 1.54) is 18.5 Å². The summed E-state index contributed by atoms with van der Waals surface area (Å²) in [4.78, 5) is 20.1. The molecular weight excluding hydrogens is 371 g/mol. The number of nitrogens with one attached hydrogen (secondary N) is 3. The van der Waals surface area contributed by atoms with Gasteiger partial charge in [-0.15, -0.1) is 0 Å². The van der Waals surface area contributed by atoms with E-state index in [0.29, 0.717) is 22.9 Å². The fourth-order valence-electron chi connectivity index (χ4n) is 3.01. The Balaban J connectivity index is 1.51. The van der Waals surface area contributed by atoms with Crippen LogP contribution in [-0.4, -0.2) is 42.1 Å². The summed E-state index contributed by atoms with van der Waals surface area (Å²) in [6.45, 7) is 3.25. The molecule has 0 aliphatic carbocycles. The molecule has 6 nitrogen and oxygen atoms in total. The highest BCUT2D eigenvalue weighted by Crippen LogP contribution is 2.30. The summed E-state index contributed by atoms with van der Waals surface area (Å²) in [7, 11) is 0. The smallest absolute Gasteiger partial charge is 0.349 e. The van der Waals surface area contributed by atoms with E-state index in [9.17, 15) is 18.0 Å². The van der Waals surface area contributed by atoms with Crippen molar-refractivity contribution in [2.45, 2.75) is 19.1 Å². The average Bonchev–Trinajstić information content (AvgIpc) is 3.19.